The monoisotopic (exact) mass is 216 g/mol. The van der Waals surface area contributed by atoms with Crippen LogP contribution in [0.2, 0.25) is 0 Å². The Labute approximate surface area is 92.9 Å². The molecule has 1 saturated heterocycles. The van der Waals surface area contributed by atoms with Crippen LogP contribution in [0.4, 0.5) is 0 Å². The van der Waals surface area contributed by atoms with Crippen LogP contribution in [0.15, 0.2) is 0 Å². The Morgan fingerprint density at radius 2 is 2.20 bits per heavy atom. The first-order valence-electron chi connectivity index (χ1n) is 5.85. The van der Waals surface area contributed by atoms with E-state index in [9.17, 15) is 0 Å². The van der Waals surface area contributed by atoms with Crippen LogP contribution in [0.3, 0.4) is 0 Å². The van der Waals surface area contributed by atoms with E-state index in [0.717, 1.165) is 52.4 Å². The van der Waals surface area contributed by atoms with Crippen LogP contribution in [0.1, 0.15) is 13.3 Å². The Balaban J connectivity index is 1.90. The highest BCUT2D eigenvalue weighted by Crippen LogP contribution is 1.97. The molecule has 0 spiro atoms. The maximum absolute atomic E-state index is 5.53. The maximum atomic E-state index is 5.53. The SMILES string of the molecule is COCCCOCCN1CCNC(C)C1. The van der Waals surface area contributed by atoms with E-state index in [1.54, 1.807) is 7.11 Å². The van der Waals surface area contributed by atoms with E-state index in [1.807, 2.05) is 0 Å². The summed E-state index contributed by atoms with van der Waals surface area (Å²) in [6.45, 7) is 9.12. The molecule has 0 aromatic heterocycles. The lowest BCUT2D eigenvalue weighted by Crippen LogP contribution is -2.49. The summed E-state index contributed by atoms with van der Waals surface area (Å²) >= 11 is 0. The van der Waals surface area contributed by atoms with E-state index in [2.05, 4.69) is 17.1 Å². The van der Waals surface area contributed by atoms with Crippen molar-refractivity contribution < 1.29 is 9.47 Å². The fraction of sp³-hybridized carbons (Fsp3) is 1.00. The molecule has 0 aromatic rings. The van der Waals surface area contributed by atoms with Gasteiger partial charge in [0, 0.05) is 52.5 Å². The van der Waals surface area contributed by atoms with Gasteiger partial charge in [0.15, 0.2) is 0 Å². The Hall–Kier alpha value is -0.160. The van der Waals surface area contributed by atoms with E-state index < -0.39 is 0 Å². The van der Waals surface area contributed by atoms with E-state index in [4.69, 9.17) is 9.47 Å². The quantitative estimate of drug-likeness (QED) is 0.622. The van der Waals surface area contributed by atoms with Crippen molar-refractivity contribution in [1.82, 2.24) is 10.2 Å². The molecule has 1 fully saturated rings. The van der Waals surface area contributed by atoms with Crippen LogP contribution >= 0.6 is 0 Å². The van der Waals surface area contributed by atoms with Gasteiger partial charge in [0.1, 0.15) is 0 Å². The van der Waals surface area contributed by atoms with Crippen LogP contribution in [0.5, 0.6) is 0 Å². The molecule has 0 saturated carbocycles. The summed E-state index contributed by atoms with van der Waals surface area (Å²) in [6.07, 6.45) is 0.995. The van der Waals surface area contributed by atoms with Gasteiger partial charge in [-0.15, -0.1) is 0 Å². The zero-order chi connectivity index (χ0) is 10.9. The Kier molecular flexibility index (Phi) is 6.92. The Morgan fingerprint density at radius 3 is 2.93 bits per heavy atom. The summed E-state index contributed by atoms with van der Waals surface area (Å²) in [7, 11) is 1.72. The number of hydrogen-bond acceptors (Lipinski definition) is 4. The van der Waals surface area contributed by atoms with Crippen molar-refractivity contribution in [2.45, 2.75) is 19.4 Å². The first kappa shape index (κ1) is 12.9. The average Bonchev–Trinajstić information content (AvgIpc) is 2.23. The van der Waals surface area contributed by atoms with Crippen molar-refractivity contribution in [2.24, 2.45) is 0 Å². The number of nitrogens with one attached hydrogen (secondary N) is 1. The molecule has 0 aliphatic carbocycles. The largest absolute Gasteiger partial charge is 0.385 e. The first-order chi connectivity index (χ1) is 7.33. The van der Waals surface area contributed by atoms with Crippen molar-refractivity contribution >= 4 is 0 Å². The summed E-state index contributed by atoms with van der Waals surface area (Å²) in [4.78, 5) is 2.46. The highest BCUT2D eigenvalue weighted by molar-refractivity contribution is 4.74. The van der Waals surface area contributed by atoms with Crippen LogP contribution in [0.25, 0.3) is 0 Å². The molecule has 0 bridgehead atoms. The predicted octanol–water partition coefficient (Wildman–Crippen LogP) is 0.333. The highest BCUT2D eigenvalue weighted by atomic mass is 16.5. The normalized spacial score (nSPS) is 23.2. The number of nitrogens with zero attached hydrogens (tertiary/aromatic N) is 1. The van der Waals surface area contributed by atoms with Crippen LogP contribution in [-0.4, -0.2) is 64.1 Å². The highest BCUT2D eigenvalue weighted by Gasteiger charge is 2.14. The van der Waals surface area contributed by atoms with E-state index >= 15 is 0 Å². The van der Waals surface area contributed by atoms with Gasteiger partial charge in [-0.05, 0) is 13.3 Å². The zero-order valence-corrected chi connectivity index (χ0v) is 10.00. The molecule has 1 aliphatic rings. The molecule has 1 unspecified atom stereocenters. The summed E-state index contributed by atoms with van der Waals surface area (Å²) in [5.41, 5.74) is 0. The minimum Gasteiger partial charge on any atom is -0.385 e. The molecule has 1 aliphatic heterocycles. The van der Waals surface area contributed by atoms with Gasteiger partial charge in [0.05, 0.1) is 6.61 Å². The molecule has 15 heavy (non-hydrogen) atoms. The van der Waals surface area contributed by atoms with Gasteiger partial charge < -0.3 is 14.8 Å². The smallest absolute Gasteiger partial charge is 0.0593 e. The lowest BCUT2D eigenvalue weighted by atomic mass is 10.2. The minimum absolute atomic E-state index is 0.618. The summed E-state index contributed by atoms with van der Waals surface area (Å²) < 4.78 is 10.5. The topological polar surface area (TPSA) is 33.7 Å². The van der Waals surface area contributed by atoms with E-state index in [1.165, 1.54) is 0 Å². The molecule has 0 aromatic carbocycles. The Morgan fingerprint density at radius 1 is 1.33 bits per heavy atom. The number of ether oxygens (including phenoxy) is 2. The second-order valence-electron chi connectivity index (χ2n) is 4.11. The van der Waals surface area contributed by atoms with Crippen molar-refractivity contribution in [3.8, 4) is 0 Å². The van der Waals surface area contributed by atoms with Crippen molar-refractivity contribution in [2.75, 3.05) is 53.1 Å². The number of hydrogen-bond donors (Lipinski definition) is 1. The summed E-state index contributed by atoms with van der Waals surface area (Å²) in [5, 5.41) is 3.43. The molecule has 1 rings (SSSR count). The fourth-order valence-electron chi connectivity index (χ4n) is 1.82. The molecular weight excluding hydrogens is 192 g/mol. The number of piperazine rings is 1. The molecule has 4 nitrogen and oxygen atoms in total. The standard InChI is InChI=1S/C11H24N2O2/c1-11-10-13(5-4-12-11)6-9-15-8-3-7-14-2/h11-12H,3-10H2,1-2H3. The zero-order valence-electron chi connectivity index (χ0n) is 10.00. The minimum atomic E-state index is 0.618. The molecule has 0 radical (unpaired) electrons. The van der Waals surface area contributed by atoms with Gasteiger partial charge in [-0.2, -0.15) is 0 Å². The second-order valence-corrected chi connectivity index (χ2v) is 4.11. The molecular formula is C11H24N2O2. The van der Waals surface area contributed by atoms with Crippen LogP contribution < -0.4 is 5.32 Å². The van der Waals surface area contributed by atoms with Gasteiger partial charge in [-0.1, -0.05) is 0 Å². The van der Waals surface area contributed by atoms with Gasteiger partial charge >= 0.3 is 0 Å². The summed E-state index contributed by atoms with van der Waals surface area (Å²) in [6, 6.07) is 0.618. The molecule has 4 heteroatoms. The summed E-state index contributed by atoms with van der Waals surface area (Å²) in [5.74, 6) is 0. The maximum Gasteiger partial charge on any atom is 0.0593 e. The fourth-order valence-corrected chi connectivity index (χ4v) is 1.82. The first-order valence-corrected chi connectivity index (χ1v) is 5.85. The predicted molar refractivity (Wildman–Crippen MR) is 61.2 cm³/mol. The van der Waals surface area contributed by atoms with Crippen molar-refractivity contribution in [3.05, 3.63) is 0 Å². The second kappa shape index (κ2) is 8.05. The third kappa shape index (κ3) is 6.10. The lowest BCUT2D eigenvalue weighted by molar-refractivity contribution is 0.0769. The van der Waals surface area contributed by atoms with Crippen LogP contribution in [0, 0.1) is 0 Å². The Bertz CT molecular complexity index is 156. The molecule has 1 heterocycles. The van der Waals surface area contributed by atoms with Gasteiger partial charge in [0.25, 0.3) is 0 Å². The third-order valence-electron chi connectivity index (χ3n) is 2.64. The van der Waals surface area contributed by atoms with E-state index in [0.29, 0.717) is 6.04 Å². The lowest BCUT2D eigenvalue weighted by Gasteiger charge is -2.31. The molecule has 90 valence electrons. The van der Waals surface area contributed by atoms with Gasteiger partial charge in [-0.25, -0.2) is 0 Å². The van der Waals surface area contributed by atoms with Gasteiger partial charge in [-0.3, -0.25) is 4.90 Å². The van der Waals surface area contributed by atoms with E-state index in [-0.39, 0.29) is 0 Å². The number of methoxy groups -OCH3 is 1. The molecule has 1 N–H and O–H groups in total. The number of rotatable bonds is 7. The molecule has 1 atom stereocenters. The van der Waals surface area contributed by atoms with Crippen molar-refractivity contribution in [3.63, 3.8) is 0 Å². The molecule has 0 amide bonds. The van der Waals surface area contributed by atoms with Crippen molar-refractivity contribution in [1.29, 1.82) is 0 Å². The van der Waals surface area contributed by atoms with Gasteiger partial charge in [0.2, 0.25) is 0 Å². The third-order valence-corrected chi connectivity index (χ3v) is 2.64. The average molecular weight is 216 g/mol. The van der Waals surface area contributed by atoms with Crippen LogP contribution in [-0.2, 0) is 9.47 Å².